The third kappa shape index (κ3) is 19.8. The zero-order valence-corrected chi connectivity index (χ0v) is 13.7. The molecule has 12 N–H and O–H groups in total. The minimum absolute atomic E-state index is 0. The van der Waals surface area contributed by atoms with Gasteiger partial charge in [-0.05, 0) is 36.9 Å². The van der Waals surface area contributed by atoms with Crippen LogP contribution in [0.5, 0.6) is 0 Å². The van der Waals surface area contributed by atoms with Crippen molar-refractivity contribution in [3.63, 3.8) is 0 Å². The van der Waals surface area contributed by atoms with E-state index in [0.29, 0.717) is 12.8 Å². The van der Waals surface area contributed by atoms with Gasteiger partial charge >= 0.3 is 11.9 Å². The monoisotopic (exact) mass is 332 g/mol. The van der Waals surface area contributed by atoms with E-state index in [4.69, 9.17) is 21.7 Å². The standard InChI is InChI=1S/2C5H11NO2S.2H3N/c2*1-9-3-2-4(6)5(7)8;;/h2*4H,2-3,6H2,1H3,(H,7,8);2*1H3/t2*4-;;/m00../s1. The Morgan fingerprint density at radius 1 is 0.900 bits per heavy atom. The van der Waals surface area contributed by atoms with Crippen molar-refractivity contribution in [2.45, 2.75) is 24.9 Å². The Morgan fingerprint density at radius 2 is 1.15 bits per heavy atom. The Hall–Kier alpha value is -0.520. The number of aliphatic carboxylic acids is 2. The fraction of sp³-hybridized carbons (Fsp3) is 0.800. The van der Waals surface area contributed by atoms with E-state index in [0.717, 1.165) is 11.5 Å². The second kappa shape index (κ2) is 18.5. The molecule has 0 aliphatic rings. The summed E-state index contributed by atoms with van der Waals surface area (Å²) in [5, 5.41) is 16.5. The summed E-state index contributed by atoms with van der Waals surface area (Å²) in [6.07, 6.45) is 4.95. The van der Waals surface area contributed by atoms with Gasteiger partial charge in [-0.2, -0.15) is 23.5 Å². The lowest BCUT2D eigenvalue weighted by Gasteiger charge is -2.02. The van der Waals surface area contributed by atoms with E-state index in [2.05, 4.69) is 0 Å². The number of hydrogen-bond donors (Lipinski definition) is 6. The molecule has 2 atom stereocenters. The summed E-state index contributed by atoms with van der Waals surface area (Å²) in [6.45, 7) is 0. The first-order chi connectivity index (χ1) is 8.36. The Labute approximate surface area is 128 Å². The summed E-state index contributed by atoms with van der Waals surface area (Å²) >= 11 is 3.21. The summed E-state index contributed by atoms with van der Waals surface area (Å²) in [4.78, 5) is 20.1. The van der Waals surface area contributed by atoms with Crippen LogP contribution in [0.2, 0.25) is 0 Å². The van der Waals surface area contributed by atoms with Crippen LogP contribution in [0.1, 0.15) is 12.8 Å². The molecule has 0 aromatic carbocycles. The van der Waals surface area contributed by atoms with E-state index in [1.54, 1.807) is 23.5 Å². The quantitative estimate of drug-likeness (QED) is 0.366. The van der Waals surface area contributed by atoms with Crippen molar-refractivity contribution >= 4 is 35.5 Å². The summed E-state index contributed by atoms with van der Waals surface area (Å²) < 4.78 is 0. The minimum Gasteiger partial charge on any atom is -0.480 e. The predicted octanol–water partition coefficient (Wildman–Crippen LogP) is 0.627. The summed E-state index contributed by atoms with van der Waals surface area (Å²) in [6, 6.07) is -1.37. The van der Waals surface area contributed by atoms with Crippen LogP contribution in [0.4, 0.5) is 0 Å². The Morgan fingerprint density at radius 3 is 1.30 bits per heavy atom. The molecule has 0 saturated carbocycles. The fourth-order valence-corrected chi connectivity index (χ4v) is 1.72. The molecular formula is C10H28N4O4S2. The number of hydrogen-bond acceptors (Lipinski definition) is 8. The van der Waals surface area contributed by atoms with Crippen LogP contribution in [0, 0.1) is 0 Å². The van der Waals surface area contributed by atoms with Crippen molar-refractivity contribution in [2.24, 2.45) is 11.5 Å². The summed E-state index contributed by atoms with van der Waals surface area (Å²) in [5.74, 6) is -0.200. The zero-order valence-electron chi connectivity index (χ0n) is 12.1. The van der Waals surface area contributed by atoms with E-state index < -0.39 is 24.0 Å². The third-order valence-electron chi connectivity index (χ3n) is 1.90. The highest BCUT2D eigenvalue weighted by Crippen LogP contribution is 1.98. The molecule has 0 bridgehead atoms. The van der Waals surface area contributed by atoms with Gasteiger partial charge in [0.2, 0.25) is 0 Å². The first-order valence-electron chi connectivity index (χ1n) is 5.31. The molecule has 8 nitrogen and oxygen atoms in total. The number of carboxylic acids is 2. The van der Waals surface area contributed by atoms with Crippen LogP contribution in [-0.4, -0.2) is 58.3 Å². The maximum atomic E-state index is 10.1. The molecule has 0 amide bonds. The number of nitrogens with two attached hydrogens (primary N) is 2. The van der Waals surface area contributed by atoms with Gasteiger partial charge in [-0.1, -0.05) is 0 Å². The maximum Gasteiger partial charge on any atom is 0.320 e. The molecule has 0 radical (unpaired) electrons. The number of thioether (sulfide) groups is 2. The van der Waals surface area contributed by atoms with Crippen molar-refractivity contribution in [2.75, 3.05) is 24.0 Å². The van der Waals surface area contributed by atoms with Crippen molar-refractivity contribution in [1.82, 2.24) is 12.3 Å². The van der Waals surface area contributed by atoms with E-state index >= 15 is 0 Å². The summed E-state index contributed by atoms with van der Waals surface area (Å²) in [7, 11) is 0. The Kier molecular flexibility index (Phi) is 25.7. The molecule has 0 aliphatic carbocycles. The molecular weight excluding hydrogens is 304 g/mol. The van der Waals surface area contributed by atoms with Crippen molar-refractivity contribution < 1.29 is 19.8 Å². The van der Waals surface area contributed by atoms with Crippen LogP contribution < -0.4 is 23.8 Å². The molecule has 124 valence electrons. The van der Waals surface area contributed by atoms with Crippen LogP contribution in [-0.2, 0) is 9.59 Å². The van der Waals surface area contributed by atoms with Crippen molar-refractivity contribution in [3.05, 3.63) is 0 Å². The van der Waals surface area contributed by atoms with Gasteiger partial charge in [-0.25, -0.2) is 0 Å². The molecule has 10 heteroatoms. The number of carboxylic acid groups (broad SMARTS) is 2. The topological polar surface area (TPSA) is 197 Å². The number of carbonyl (C=O) groups is 2. The molecule has 20 heavy (non-hydrogen) atoms. The molecule has 0 heterocycles. The fourth-order valence-electron chi connectivity index (χ4n) is 0.737. The van der Waals surface area contributed by atoms with E-state index in [-0.39, 0.29) is 12.3 Å². The molecule has 0 fully saturated rings. The molecule has 0 saturated heterocycles. The van der Waals surface area contributed by atoms with Gasteiger partial charge in [0.25, 0.3) is 0 Å². The van der Waals surface area contributed by atoms with E-state index in [9.17, 15) is 9.59 Å². The normalized spacial score (nSPS) is 11.8. The number of rotatable bonds is 8. The molecule has 0 unspecified atom stereocenters. The van der Waals surface area contributed by atoms with Crippen molar-refractivity contribution in [1.29, 1.82) is 0 Å². The lowest BCUT2D eigenvalue weighted by molar-refractivity contribution is -0.139. The summed E-state index contributed by atoms with van der Waals surface area (Å²) in [5.41, 5.74) is 10.4. The third-order valence-corrected chi connectivity index (χ3v) is 3.19. The highest BCUT2D eigenvalue weighted by atomic mass is 32.2. The average molecular weight is 332 g/mol. The molecule has 0 aliphatic heterocycles. The van der Waals surface area contributed by atoms with Gasteiger partial charge in [-0.15, -0.1) is 0 Å². The molecule has 0 spiro atoms. The van der Waals surface area contributed by atoms with Crippen LogP contribution in [0.25, 0.3) is 0 Å². The SMILES string of the molecule is CSCC[C@H](N)C(=O)O.CSCC[C@H](N)C(=O)O.N.N. The average Bonchev–Trinajstić information content (AvgIpc) is 2.33. The smallest absolute Gasteiger partial charge is 0.320 e. The van der Waals surface area contributed by atoms with Crippen molar-refractivity contribution in [3.8, 4) is 0 Å². The lowest BCUT2D eigenvalue weighted by Crippen LogP contribution is -2.30. The van der Waals surface area contributed by atoms with Gasteiger partial charge < -0.3 is 34.0 Å². The van der Waals surface area contributed by atoms with Gasteiger partial charge in [0.15, 0.2) is 0 Å². The first-order valence-corrected chi connectivity index (χ1v) is 8.10. The zero-order chi connectivity index (χ0) is 14.6. The Balaban J connectivity index is -0.000000116. The minimum atomic E-state index is -0.913. The first kappa shape index (κ1) is 27.8. The highest BCUT2D eigenvalue weighted by molar-refractivity contribution is 7.98. The molecule has 0 aromatic heterocycles. The Bertz CT molecular complexity index is 223. The van der Waals surface area contributed by atoms with Crippen LogP contribution >= 0.6 is 23.5 Å². The maximum absolute atomic E-state index is 10.1. The largest absolute Gasteiger partial charge is 0.480 e. The second-order valence-electron chi connectivity index (χ2n) is 3.45. The molecule has 0 rings (SSSR count). The second-order valence-corrected chi connectivity index (χ2v) is 5.42. The lowest BCUT2D eigenvalue weighted by atomic mass is 10.2. The van der Waals surface area contributed by atoms with Gasteiger partial charge in [0.05, 0.1) is 0 Å². The van der Waals surface area contributed by atoms with E-state index in [1.165, 1.54) is 0 Å². The van der Waals surface area contributed by atoms with E-state index in [1.807, 2.05) is 12.5 Å². The van der Waals surface area contributed by atoms with Gasteiger partial charge in [0, 0.05) is 0 Å². The van der Waals surface area contributed by atoms with Crippen LogP contribution in [0.3, 0.4) is 0 Å². The highest BCUT2D eigenvalue weighted by Gasteiger charge is 2.09. The molecule has 0 aromatic rings. The van der Waals surface area contributed by atoms with Gasteiger partial charge in [0.1, 0.15) is 12.1 Å². The van der Waals surface area contributed by atoms with Gasteiger partial charge in [-0.3, -0.25) is 9.59 Å². The van der Waals surface area contributed by atoms with Crippen LogP contribution in [0.15, 0.2) is 0 Å². The predicted molar refractivity (Wildman–Crippen MR) is 87.3 cm³/mol.